The van der Waals surface area contributed by atoms with E-state index < -0.39 is 24.0 Å². The Kier molecular flexibility index (Phi) is 2.81. The van der Waals surface area contributed by atoms with Crippen LogP contribution in [-0.2, 0) is 6.54 Å². The summed E-state index contributed by atoms with van der Waals surface area (Å²) in [6, 6.07) is 0. The predicted octanol–water partition coefficient (Wildman–Crippen LogP) is 0.489. The second-order valence-corrected chi connectivity index (χ2v) is 3.53. The first-order valence-electron chi connectivity index (χ1n) is 4.77. The standard InChI is InChI=1S/C9H7F3N4O2/c10-9(11,12)4-16-3-5(1-14-16)6-2-13-8(18)15-7(6)17/h1-3H,4H2,(H2,13,15,17,18). The first-order chi connectivity index (χ1) is 8.35. The average Bonchev–Trinajstić information content (AvgIpc) is 2.63. The van der Waals surface area contributed by atoms with Crippen LogP contribution in [0.2, 0.25) is 0 Å². The highest BCUT2D eigenvalue weighted by Gasteiger charge is 2.28. The molecule has 0 spiro atoms. The summed E-state index contributed by atoms with van der Waals surface area (Å²) in [6.07, 6.45) is -1.07. The molecule has 2 aromatic rings. The molecule has 0 amide bonds. The van der Waals surface area contributed by atoms with Gasteiger partial charge < -0.3 is 4.98 Å². The fourth-order valence-electron chi connectivity index (χ4n) is 1.40. The lowest BCUT2D eigenvalue weighted by Crippen LogP contribution is -2.22. The molecule has 0 saturated carbocycles. The number of halogens is 3. The Morgan fingerprint density at radius 1 is 1.33 bits per heavy atom. The van der Waals surface area contributed by atoms with Crippen molar-refractivity contribution in [2.45, 2.75) is 12.7 Å². The first-order valence-corrected chi connectivity index (χ1v) is 4.77. The van der Waals surface area contributed by atoms with E-state index in [9.17, 15) is 22.8 Å². The number of aromatic nitrogens is 4. The number of H-pyrrole nitrogens is 2. The van der Waals surface area contributed by atoms with E-state index in [1.165, 1.54) is 0 Å². The molecule has 2 heterocycles. The van der Waals surface area contributed by atoms with Crippen molar-refractivity contribution in [3.63, 3.8) is 0 Å². The molecule has 0 aliphatic heterocycles. The van der Waals surface area contributed by atoms with Crippen molar-refractivity contribution < 1.29 is 13.2 Å². The molecular formula is C9H7F3N4O2. The molecule has 0 aliphatic carbocycles. The number of rotatable bonds is 2. The Hall–Kier alpha value is -2.32. The predicted molar refractivity (Wildman–Crippen MR) is 55.0 cm³/mol. The minimum absolute atomic E-state index is 0.0445. The minimum Gasteiger partial charge on any atom is -0.313 e. The van der Waals surface area contributed by atoms with Gasteiger partial charge in [-0.2, -0.15) is 18.3 Å². The van der Waals surface area contributed by atoms with Crippen molar-refractivity contribution in [1.82, 2.24) is 19.7 Å². The van der Waals surface area contributed by atoms with Crippen molar-refractivity contribution in [1.29, 1.82) is 0 Å². The van der Waals surface area contributed by atoms with Gasteiger partial charge in [0, 0.05) is 18.0 Å². The lowest BCUT2D eigenvalue weighted by atomic mass is 10.2. The highest BCUT2D eigenvalue weighted by molar-refractivity contribution is 5.58. The van der Waals surface area contributed by atoms with E-state index in [1.807, 2.05) is 4.98 Å². The van der Waals surface area contributed by atoms with E-state index in [2.05, 4.69) is 10.1 Å². The van der Waals surface area contributed by atoms with Gasteiger partial charge in [-0.15, -0.1) is 0 Å². The molecule has 0 bridgehead atoms. The van der Waals surface area contributed by atoms with E-state index in [-0.39, 0.29) is 11.1 Å². The van der Waals surface area contributed by atoms with Crippen LogP contribution in [0.4, 0.5) is 13.2 Å². The van der Waals surface area contributed by atoms with Gasteiger partial charge in [0.1, 0.15) is 6.54 Å². The van der Waals surface area contributed by atoms with Gasteiger partial charge in [-0.1, -0.05) is 0 Å². The van der Waals surface area contributed by atoms with E-state index in [0.717, 1.165) is 18.6 Å². The maximum atomic E-state index is 12.1. The van der Waals surface area contributed by atoms with E-state index in [4.69, 9.17) is 0 Å². The molecule has 0 aromatic carbocycles. The van der Waals surface area contributed by atoms with Crippen LogP contribution in [0.5, 0.6) is 0 Å². The molecule has 2 rings (SSSR count). The van der Waals surface area contributed by atoms with Crippen LogP contribution in [0.15, 0.2) is 28.2 Å². The Morgan fingerprint density at radius 3 is 2.67 bits per heavy atom. The van der Waals surface area contributed by atoms with Gasteiger partial charge >= 0.3 is 11.9 Å². The topological polar surface area (TPSA) is 83.5 Å². The van der Waals surface area contributed by atoms with Crippen LogP contribution in [0.25, 0.3) is 11.1 Å². The van der Waals surface area contributed by atoms with E-state index in [1.54, 1.807) is 0 Å². The monoisotopic (exact) mass is 260 g/mol. The lowest BCUT2D eigenvalue weighted by Gasteiger charge is -2.04. The highest BCUT2D eigenvalue weighted by atomic mass is 19.4. The van der Waals surface area contributed by atoms with Crippen molar-refractivity contribution in [2.75, 3.05) is 0 Å². The largest absolute Gasteiger partial charge is 0.408 e. The summed E-state index contributed by atoms with van der Waals surface area (Å²) in [5.74, 6) is 0. The summed E-state index contributed by atoms with van der Waals surface area (Å²) >= 11 is 0. The third-order valence-electron chi connectivity index (χ3n) is 2.10. The zero-order chi connectivity index (χ0) is 13.3. The summed E-state index contributed by atoms with van der Waals surface area (Å²) in [6.45, 7) is -1.24. The molecule has 18 heavy (non-hydrogen) atoms. The lowest BCUT2D eigenvalue weighted by molar-refractivity contribution is -0.142. The van der Waals surface area contributed by atoms with Crippen molar-refractivity contribution in [2.24, 2.45) is 0 Å². The summed E-state index contributed by atoms with van der Waals surface area (Å²) in [5, 5.41) is 3.49. The third kappa shape index (κ3) is 2.67. The fraction of sp³-hybridized carbons (Fsp3) is 0.222. The molecule has 0 fully saturated rings. The fourth-order valence-corrected chi connectivity index (χ4v) is 1.40. The minimum atomic E-state index is -4.39. The Morgan fingerprint density at radius 2 is 2.06 bits per heavy atom. The van der Waals surface area contributed by atoms with Crippen LogP contribution < -0.4 is 11.2 Å². The van der Waals surface area contributed by atoms with Crippen LogP contribution in [0, 0.1) is 0 Å². The smallest absolute Gasteiger partial charge is 0.313 e. The highest BCUT2D eigenvalue weighted by Crippen LogP contribution is 2.19. The molecule has 6 nitrogen and oxygen atoms in total. The molecule has 0 unspecified atom stereocenters. The first kappa shape index (κ1) is 12.1. The van der Waals surface area contributed by atoms with Gasteiger partial charge in [0.25, 0.3) is 5.56 Å². The zero-order valence-corrected chi connectivity index (χ0v) is 8.78. The number of hydrogen-bond acceptors (Lipinski definition) is 3. The Labute approximate surface area is 97.1 Å². The SMILES string of the molecule is O=c1[nH]cc(-c2cnn(CC(F)(F)F)c2)c(=O)[nH]1. The van der Waals surface area contributed by atoms with Gasteiger partial charge in [0.15, 0.2) is 0 Å². The number of hydrogen-bond donors (Lipinski definition) is 2. The second-order valence-electron chi connectivity index (χ2n) is 3.53. The summed E-state index contributed by atoms with van der Waals surface area (Å²) in [5.41, 5.74) is -1.14. The van der Waals surface area contributed by atoms with Crippen molar-refractivity contribution in [3.05, 3.63) is 39.4 Å². The quantitative estimate of drug-likeness (QED) is 0.824. The molecule has 0 radical (unpaired) electrons. The number of nitrogens with zero attached hydrogens (tertiary/aromatic N) is 2. The maximum absolute atomic E-state index is 12.1. The molecule has 0 saturated heterocycles. The molecule has 9 heteroatoms. The van der Waals surface area contributed by atoms with Gasteiger partial charge in [-0.25, -0.2) is 4.79 Å². The van der Waals surface area contributed by atoms with Gasteiger partial charge in [-0.05, 0) is 0 Å². The average molecular weight is 260 g/mol. The van der Waals surface area contributed by atoms with Crippen molar-refractivity contribution >= 4 is 0 Å². The van der Waals surface area contributed by atoms with Crippen LogP contribution in [0.3, 0.4) is 0 Å². The molecule has 96 valence electrons. The van der Waals surface area contributed by atoms with E-state index >= 15 is 0 Å². The van der Waals surface area contributed by atoms with Crippen LogP contribution in [-0.4, -0.2) is 25.9 Å². The zero-order valence-electron chi connectivity index (χ0n) is 8.78. The Bertz CT molecular complexity index is 667. The number of alkyl halides is 3. The summed E-state index contributed by atoms with van der Waals surface area (Å²) < 4.78 is 37.0. The molecule has 0 atom stereocenters. The number of aromatic amines is 2. The van der Waals surface area contributed by atoms with Crippen LogP contribution >= 0.6 is 0 Å². The molecule has 0 aliphatic rings. The molecular weight excluding hydrogens is 253 g/mol. The van der Waals surface area contributed by atoms with Gasteiger partial charge in [0.05, 0.1) is 11.8 Å². The van der Waals surface area contributed by atoms with E-state index in [0.29, 0.717) is 4.68 Å². The number of nitrogens with one attached hydrogen (secondary N) is 2. The third-order valence-corrected chi connectivity index (χ3v) is 2.10. The van der Waals surface area contributed by atoms with Crippen molar-refractivity contribution in [3.8, 4) is 11.1 Å². The van der Waals surface area contributed by atoms with Gasteiger partial charge in [-0.3, -0.25) is 14.5 Å². The van der Waals surface area contributed by atoms with Crippen LogP contribution in [0.1, 0.15) is 0 Å². The Balaban J connectivity index is 2.35. The summed E-state index contributed by atoms with van der Waals surface area (Å²) in [7, 11) is 0. The summed E-state index contributed by atoms with van der Waals surface area (Å²) in [4.78, 5) is 26.4. The van der Waals surface area contributed by atoms with Gasteiger partial charge in [0.2, 0.25) is 0 Å². The molecule has 2 aromatic heterocycles. The maximum Gasteiger partial charge on any atom is 0.408 e. The second kappa shape index (κ2) is 4.17. The molecule has 2 N–H and O–H groups in total. The normalized spacial score (nSPS) is 11.7.